The first-order valence-electron chi connectivity index (χ1n) is 3.00. The highest BCUT2D eigenvalue weighted by Gasteiger charge is 1.96. The highest BCUT2D eigenvalue weighted by molar-refractivity contribution is 4.56. The highest BCUT2D eigenvalue weighted by atomic mass is 19.1. The summed E-state index contributed by atoms with van der Waals surface area (Å²) in [5.74, 6) is 0. The third-order valence-electron chi connectivity index (χ3n) is 0.807. The van der Waals surface area contributed by atoms with Gasteiger partial charge in [-0.05, 0) is 6.92 Å². The van der Waals surface area contributed by atoms with Gasteiger partial charge < -0.3 is 5.32 Å². The minimum absolute atomic E-state index is 0.396. The fraction of sp³-hybridized carbons (Fsp3) is 1.00. The van der Waals surface area contributed by atoms with Crippen LogP contribution < -0.4 is 5.32 Å². The van der Waals surface area contributed by atoms with Gasteiger partial charge in [0.15, 0.2) is 0 Å². The summed E-state index contributed by atoms with van der Waals surface area (Å²) in [4.78, 5) is 0. The van der Waals surface area contributed by atoms with Gasteiger partial charge in [-0.1, -0.05) is 13.8 Å². The minimum Gasteiger partial charge on any atom is -0.312 e. The van der Waals surface area contributed by atoms with Crippen molar-refractivity contribution in [2.45, 2.75) is 33.0 Å². The fourth-order valence-corrected chi connectivity index (χ4v) is 0.398. The molecule has 0 aliphatic rings. The van der Waals surface area contributed by atoms with Crippen molar-refractivity contribution >= 4 is 0 Å². The Kier molecular flexibility index (Phi) is 3.79. The molecule has 0 saturated heterocycles. The maximum Gasteiger partial charge on any atom is 0.110 e. The molecule has 0 heterocycles. The number of rotatable bonds is 3. The Hall–Kier alpha value is -0.110. The Balaban J connectivity index is 2.93. The molecule has 1 atom stereocenters. The van der Waals surface area contributed by atoms with Crippen LogP contribution in [-0.4, -0.2) is 18.8 Å². The molecule has 2 heteroatoms. The molecule has 0 amide bonds. The molecule has 8 heavy (non-hydrogen) atoms. The molecular weight excluding hydrogens is 105 g/mol. The van der Waals surface area contributed by atoms with Crippen LogP contribution in [0.4, 0.5) is 4.39 Å². The van der Waals surface area contributed by atoms with Gasteiger partial charge in [-0.15, -0.1) is 0 Å². The SMILES string of the molecule is CC(F)CNC(C)C. The van der Waals surface area contributed by atoms with Crippen LogP contribution in [0, 0.1) is 0 Å². The first kappa shape index (κ1) is 7.89. The molecule has 0 saturated carbocycles. The van der Waals surface area contributed by atoms with E-state index in [0.29, 0.717) is 12.6 Å². The summed E-state index contributed by atoms with van der Waals surface area (Å²) in [6, 6.07) is 0.396. The summed E-state index contributed by atoms with van der Waals surface area (Å²) in [7, 11) is 0. The van der Waals surface area contributed by atoms with Gasteiger partial charge in [-0.3, -0.25) is 0 Å². The molecule has 0 bridgehead atoms. The summed E-state index contributed by atoms with van der Waals surface area (Å²) in [5.41, 5.74) is 0. The van der Waals surface area contributed by atoms with E-state index in [2.05, 4.69) is 5.32 Å². The second kappa shape index (κ2) is 3.84. The molecule has 0 spiro atoms. The van der Waals surface area contributed by atoms with Gasteiger partial charge in [0.2, 0.25) is 0 Å². The Morgan fingerprint density at radius 2 is 1.88 bits per heavy atom. The lowest BCUT2D eigenvalue weighted by molar-refractivity contribution is 0.335. The number of hydrogen-bond donors (Lipinski definition) is 1. The molecule has 0 radical (unpaired) electrons. The molecule has 1 N–H and O–H groups in total. The van der Waals surface area contributed by atoms with Crippen molar-refractivity contribution in [3.8, 4) is 0 Å². The lowest BCUT2D eigenvalue weighted by Crippen LogP contribution is -2.28. The van der Waals surface area contributed by atoms with Crippen molar-refractivity contribution in [1.82, 2.24) is 5.32 Å². The lowest BCUT2D eigenvalue weighted by Gasteiger charge is -2.07. The summed E-state index contributed by atoms with van der Waals surface area (Å²) in [6.07, 6.45) is -0.725. The minimum atomic E-state index is -0.725. The number of nitrogens with one attached hydrogen (secondary N) is 1. The van der Waals surface area contributed by atoms with Gasteiger partial charge in [0.25, 0.3) is 0 Å². The van der Waals surface area contributed by atoms with Crippen LogP contribution in [0.5, 0.6) is 0 Å². The summed E-state index contributed by atoms with van der Waals surface area (Å²) >= 11 is 0. The zero-order chi connectivity index (χ0) is 6.57. The second-order valence-corrected chi connectivity index (χ2v) is 2.34. The summed E-state index contributed by atoms with van der Waals surface area (Å²) in [6.45, 7) is 6.03. The fourth-order valence-electron chi connectivity index (χ4n) is 0.398. The lowest BCUT2D eigenvalue weighted by atomic mass is 10.3. The molecule has 50 valence electrons. The monoisotopic (exact) mass is 119 g/mol. The van der Waals surface area contributed by atoms with Crippen LogP contribution in [0.2, 0.25) is 0 Å². The molecule has 0 aliphatic carbocycles. The molecule has 0 aromatic carbocycles. The maximum atomic E-state index is 12.0. The van der Waals surface area contributed by atoms with E-state index in [0.717, 1.165) is 0 Å². The topological polar surface area (TPSA) is 12.0 Å². The Bertz CT molecular complexity index is 44.5. The van der Waals surface area contributed by atoms with E-state index in [1.165, 1.54) is 0 Å². The van der Waals surface area contributed by atoms with E-state index >= 15 is 0 Å². The van der Waals surface area contributed by atoms with Crippen LogP contribution in [0.25, 0.3) is 0 Å². The highest BCUT2D eigenvalue weighted by Crippen LogP contribution is 1.85. The van der Waals surface area contributed by atoms with Crippen molar-refractivity contribution in [1.29, 1.82) is 0 Å². The molecule has 0 fully saturated rings. The van der Waals surface area contributed by atoms with E-state index in [1.807, 2.05) is 13.8 Å². The first-order chi connectivity index (χ1) is 3.63. The third-order valence-corrected chi connectivity index (χ3v) is 0.807. The zero-order valence-electron chi connectivity index (χ0n) is 5.74. The van der Waals surface area contributed by atoms with Crippen molar-refractivity contribution in [2.24, 2.45) is 0 Å². The molecule has 0 aromatic heterocycles. The summed E-state index contributed by atoms with van der Waals surface area (Å²) < 4.78 is 12.0. The zero-order valence-corrected chi connectivity index (χ0v) is 5.74. The van der Waals surface area contributed by atoms with Crippen LogP contribution in [-0.2, 0) is 0 Å². The normalized spacial score (nSPS) is 14.6. The third kappa shape index (κ3) is 5.89. The van der Waals surface area contributed by atoms with E-state index < -0.39 is 6.17 Å². The number of halogens is 1. The number of alkyl halides is 1. The van der Waals surface area contributed by atoms with Crippen LogP contribution in [0.1, 0.15) is 20.8 Å². The molecule has 1 unspecified atom stereocenters. The van der Waals surface area contributed by atoms with Crippen LogP contribution >= 0.6 is 0 Å². The standard InChI is InChI=1S/C6H14FN/c1-5(2)8-4-6(3)7/h5-6,8H,4H2,1-3H3. The van der Waals surface area contributed by atoms with E-state index in [4.69, 9.17) is 0 Å². The first-order valence-corrected chi connectivity index (χ1v) is 3.00. The Morgan fingerprint density at radius 1 is 1.38 bits per heavy atom. The van der Waals surface area contributed by atoms with Gasteiger partial charge in [-0.25, -0.2) is 4.39 Å². The van der Waals surface area contributed by atoms with Gasteiger partial charge >= 0.3 is 0 Å². The predicted octanol–water partition coefficient (Wildman–Crippen LogP) is 1.34. The van der Waals surface area contributed by atoms with Crippen molar-refractivity contribution in [3.63, 3.8) is 0 Å². The Morgan fingerprint density at radius 3 is 2.00 bits per heavy atom. The average Bonchev–Trinajstić information content (AvgIpc) is 1.61. The largest absolute Gasteiger partial charge is 0.312 e. The van der Waals surface area contributed by atoms with Crippen LogP contribution in [0.3, 0.4) is 0 Å². The molecule has 1 nitrogen and oxygen atoms in total. The quantitative estimate of drug-likeness (QED) is 0.591. The molecular formula is C6H14FN. The average molecular weight is 119 g/mol. The van der Waals surface area contributed by atoms with Crippen LogP contribution in [0.15, 0.2) is 0 Å². The van der Waals surface area contributed by atoms with Gasteiger partial charge in [0.1, 0.15) is 6.17 Å². The van der Waals surface area contributed by atoms with Crippen molar-refractivity contribution < 1.29 is 4.39 Å². The maximum absolute atomic E-state index is 12.0. The Labute approximate surface area is 50.3 Å². The van der Waals surface area contributed by atoms with Crippen molar-refractivity contribution in [3.05, 3.63) is 0 Å². The van der Waals surface area contributed by atoms with E-state index in [1.54, 1.807) is 6.92 Å². The van der Waals surface area contributed by atoms with Crippen molar-refractivity contribution in [2.75, 3.05) is 6.54 Å². The van der Waals surface area contributed by atoms with E-state index in [9.17, 15) is 4.39 Å². The summed E-state index contributed by atoms with van der Waals surface area (Å²) in [5, 5.41) is 2.97. The van der Waals surface area contributed by atoms with E-state index in [-0.39, 0.29) is 0 Å². The smallest absolute Gasteiger partial charge is 0.110 e. The predicted molar refractivity (Wildman–Crippen MR) is 33.7 cm³/mol. The number of hydrogen-bond acceptors (Lipinski definition) is 1. The molecule has 0 aliphatic heterocycles. The van der Waals surface area contributed by atoms with Gasteiger partial charge in [-0.2, -0.15) is 0 Å². The van der Waals surface area contributed by atoms with Gasteiger partial charge in [0.05, 0.1) is 0 Å². The molecule has 0 rings (SSSR count). The van der Waals surface area contributed by atoms with Gasteiger partial charge in [0, 0.05) is 12.6 Å². The molecule has 0 aromatic rings. The second-order valence-electron chi connectivity index (χ2n) is 2.34.